The number of hydrogen-bond donors (Lipinski definition) is 2. The Morgan fingerprint density at radius 3 is 2.85 bits per heavy atom. The van der Waals surface area contributed by atoms with Crippen molar-refractivity contribution in [3.8, 4) is 11.5 Å². The van der Waals surface area contributed by atoms with Crippen LogP contribution in [0, 0.1) is 0 Å². The highest BCUT2D eigenvalue weighted by molar-refractivity contribution is 5.58. The molecule has 0 unspecified atom stereocenters. The van der Waals surface area contributed by atoms with Crippen LogP contribution >= 0.6 is 0 Å². The second-order valence-electron chi connectivity index (χ2n) is 4.80. The summed E-state index contributed by atoms with van der Waals surface area (Å²) in [6.07, 6.45) is 5.24. The van der Waals surface area contributed by atoms with Gasteiger partial charge in [0.25, 0.3) is 0 Å². The molecule has 5 nitrogen and oxygen atoms in total. The predicted molar refractivity (Wildman–Crippen MR) is 79.5 cm³/mol. The molecule has 1 aromatic carbocycles. The van der Waals surface area contributed by atoms with E-state index in [1.165, 1.54) is 24.7 Å². The first-order valence-corrected chi connectivity index (χ1v) is 6.54. The molecule has 0 saturated heterocycles. The molecule has 0 atom stereocenters. The fraction of sp³-hybridized carbons (Fsp3) is 0.200. The van der Waals surface area contributed by atoms with Crippen molar-refractivity contribution in [1.82, 2.24) is 4.98 Å². The van der Waals surface area contributed by atoms with Crippen molar-refractivity contribution in [3.63, 3.8) is 0 Å². The summed E-state index contributed by atoms with van der Waals surface area (Å²) in [6, 6.07) is 9.29. The lowest BCUT2D eigenvalue weighted by atomic mass is 10.1. The van der Waals surface area contributed by atoms with E-state index in [0.717, 1.165) is 11.4 Å². The van der Waals surface area contributed by atoms with Gasteiger partial charge in [-0.15, -0.1) is 0 Å². The van der Waals surface area contributed by atoms with E-state index in [1.54, 1.807) is 18.3 Å². The maximum atomic E-state index is 5.94. The molecular weight excluding hydrogens is 252 g/mol. The third kappa shape index (κ3) is 2.71. The molecule has 2 aromatic rings. The lowest BCUT2D eigenvalue weighted by Gasteiger charge is -2.11. The molecular formula is C15H16N4O. The quantitative estimate of drug-likeness (QED) is 0.507. The number of nitrogens with zero attached hydrogens (tertiary/aromatic N) is 2. The van der Waals surface area contributed by atoms with Gasteiger partial charge < -0.3 is 16.2 Å². The fourth-order valence-electron chi connectivity index (χ4n) is 2.11. The highest BCUT2D eigenvalue weighted by Gasteiger charge is 2.27. The van der Waals surface area contributed by atoms with Crippen molar-refractivity contribution in [3.05, 3.63) is 42.1 Å². The molecule has 102 valence electrons. The first-order chi connectivity index (χ1) is 9.76. The van der Waals surface area contributed by atoms with Gasteiger partial charge in [-0.2, -0.15) is 0 Å². The summed E-state index contributed by atoms with van der Waals surface area (Å²) in [6.45, 7) is 0. The predicted octanol–water partition coefficient (Wildman–Crippen LogP) is 2.95. The Morgan fingerprint density at radius 2 is 2.10 bits per heavy atom. The van der Waals surface area contributed by atoms with Gasteiger partial charge in [0.1, 0.15) is 11.5 Å². The largest absolute Gasteiger partial charge is 0.457 e. The average molecular weight is 268 g/mol. The second-order valence-corrected chi connectivity index (χ2v) is 4.80. The Bertz CT molecular complexity index is 650. The van der Waals surface area contributed by atoms with Crippen molar-refractivity contribution in [2.24, 2.45) is 10.7 Å². The van der Waals surface area contributed by atoms with E-state index in [-0.39, 0.29) is 0 Å². The SMILES string of the molecule is NC=Nc1cc(Oc2ccc(N)cc2C2CC2)ccn1. The van der Waals surface area contributed by atoms with Gasteiger partial charge in [-0.3, -0.25) is 0 Å². The Morgan fingerprint density at radius 1 is 1.25 bits per heavy atom. The van der Waals surface area contributed by atoms with Gasteiger partial charge in [-0.1, -0.05) is 0 Å². The Kier molecular flexibility index (Phi) is 3.25. The molecule has 1 aromatic heterocycles. The van der Waals surface area contributed by atoms with Crippen LogP contribution in [0.4, 0.5) is 11.5 Å². The number of aromatic nitrogens is 1. The van der Waals surface area contributed by atoms with Gasteiger partial charge in [-0.25, -0.2) is 9.98 Å². The van der Waals surface area contributed by atoms with E-state index in [1.807, 2.05) is 18.2 Å². The normalized spacial score (nSPS) is 14.6. The van der Waals surface area contributed by atoms with E-state index in [0.29, 0.717) is 17.5 Å². The Hall–Kier alpha value is -2.56. The zero-order valence-electron chi connectivity index (χ0n) is 11.0. The van der Waals surface area contributed by atoms with E-state index in [4.69, 9.17) is 16.2 Å². The zero-order valence-corrected chi connectivity index (χ0v) is 11.0. The molecule has 4 N–H and O–H groups in total. The smallest absolute Gasteiger partial charge is 0.157 e. The zero-order chi connectivity index (χ0) is 13.9. The van der Waals surface area contributed by atoms with Crippen LogP contribution in [0.1, 0.15) is 24.3 Å². The summed E-state index contributed by atoms with van der Waals surface area (Å²) in [5.74, 6) is 2.62. The van der Waals surface area contributed by atoms with Crippen LogP contribution in [0.2, 0.25) is 0 Å². The van der Waals surface area contributed by atoms with Crippen LogP contribution in [0.5, 0.6) is 11.5 Å². The molecule has 1 aliphatic carbocycles. The number of nitrogen functional groups attached to an aromatic ring is 1. The van der Waals surface area contributed by atoms with Crippen molar-refractivity contribution in [1.29, 1.82) is 0 Å². The minimum Gasteiger partial charge on any atom is -0.457 e. The molecule has 1 aliphatic rings. The summed E-state index contributed by atoms with van der Waals surface area (Å²) in [5, 5.41) is 0. The number of hydrogen-bond acceptors (Lipinski definition) is 4. The van der Waals surface area contributed by atoms with Crippen molar-refractivity contribution >= 4 is 17.8 Å². The van der Waals surface area contributed by atoms with Crippen LogP contribution in [0.3, 0.4) is 0 Å². The van der Waals surface area contributed by atoms with E-state index >= 15 is 0 Å². The van der Waals surface area contributed by atoms with E-state index in [2.05, 4.69) is 9.98 Å². The summed E-state index contributed by atoms with van der Waals surface area (Å²) in [4.78, 5) is 8.01. The molecule has 0 aliphatic heterocycles. The van der Waals surface area contributed by atoms with Crippen LogP contribution in [-0.4, -0.2) is 11.3 Å². The van der Waals surface area contributed by atoms with Gasteiger partial charge in [0.05, 0.1) is 6.34 Å². The summed E-state index contributed by atoms with van der Waals surface area (Å²) < 4.78 is 5.94. The molecule has 0 amide bonds. The topological polar surface area (TPSA) is 86.5 Å². The summed E-state index contributed by atoms with van der Waals surface area (Å²) in [7, 11) is 0. The molecule has 20 heavy (non-hydrogen) atoms. The van der Waals surface area contributed by atoms with Gasteiger partial charge in [0.15, 0.2) is 5.82 Å². The second kappa shape index (κ2) is 5.21. The lowest BCUT2D eigenvalue weighted by Crippen LogP contribution is -1.93. The number of aliphatic imine (C=N–C) groups is 1. The number of anilines is 1. The first-order valence-electron chi connectivity index (χ1n) is 6.54. The van der Waals surface area contributed by atoms with E-state index in [9.17, 15) is 0 Å². The van der Waals surface area contributed by atoms with Crippen LogP contribution in [0.15, 0.2) is 41.5 Å². The maximum Gasteiger partial charge on any atom is 0.157 e. The molecule has 1 saturated carbocycles. The van der Waals surface area contributed by atoms with E-state index < -0.39 is 0 Å². The molecule has 0 radical (unpaired) electrons. The first kappa shape index (κ1) is 12.5. The van der Waals surface area contributed by atoms with Crippen LogP contribution in [-0.2, 0) is 0 Å². The van der Waals surface area contributed by atoms with Crippen LogP contribution < -0.4 is 16.2 Å². The van der Waals surface area contributed by atoms with Gasteiger partial charge in [0.2, 0.25) is 0 Å². The molecule has 5 heteroatoms. The van der Waals surface area contributed by atoms with Crippen molar-refractivity contribution < 1.29 is 4.74 Å². The number of pyridine rings is 1. The van der Waals surface area contributed by atoms with Gasteiger partial charge in [0, 0.05) is 18.0 Å². The monoisotopic (exact) mass is 268 g/mol. The third-order valence-corrected chi connectivity index (χ3v) is 3.20. The highest BCUT2D eigenvalue weighted by Crippen LogP contribution is 2.45. The minimum atomic E-state index is 0.522. The summed E-state index contributed by atoms with van der Waals surface area (Å²) in [5.41, 5.74) is 13.1. The lowest BCUT2D eigenvalue weighted by molar-refractivity contribution is 0.476. The number of nitrogens with two attached hydrogens (primary N) is 2. The molecule has 1 fully saturated rings. The molecule has 1 heterocycles. The number of benzene rings is 1. The Balaban J connectivity index is 1.89. The molecule has 0 spiro atoms. The van der Waals surface area contributed by atoms with Crippen LogP contribution in [0.25, 0.3) is 0 Å². The molecule has 3 rings (SSSR count). The average Bonchev–Trinajstić information content (AvgIpc) is 3.26. The maximum absolute atomic E-state index is 5.94. The third-order valence-electron chi connectivity index (χ3n) is 3.20. The summed E-state index contributed by atoms with van der Waals surface area (Å²) >= 11 is 0. The highest BCUT2D eigenvalue weighted by atomic mass is 16.5. The van der Waals surface area contributed by atoms with Gasteiger partial charge in [-0.05, 0) is 48.6 Å². The number of rotatable bonds is 4. The van der Waals surface area contributed by atoms with Gasteiger partial charge >= 0.3 is 0 Å². The molecule has 0 bridgehead atoms. The van der Waals surface area contributed by atoms with Crippen molar-refractivity contribution in [2.75, 3.05) is 5.73 Å². The number of ether oxygens (including phenoxy) is 1. The van der Waals surface area contributed by atoms with Crippen molar-refractivity contribution in [2.45, 2.75) is 18.8 Å². The standard InChI is InChI=1S/C15H16N4O/c16-9-19-15-8-12(5-6-18-15)20-14-4-3-11(17)7-13(14)10-1-2-10/h3-10H,1-2,17H2,(H2,16,18,19). The Labute approximate surface area is 117 Å². The fourth-order valence-corrected chi connectivity index (χ4v) is 2.11. The minimum absolute atomic E-state index is 0.522.